The minimum atomic E-state index is -0.0505. The van der Waals surface area contributed by atoms with Crippen LogP contribution in [0.5, 0.6) is 0 Å². The summed E-state index contributed by atoms with van der Waals surface area (Å²) >= 11 is 1.72. The van der Waals surface area contributed by atoms with E-state index in [1.54, 1.807) is 11.3 Å². The summed E-state index contributed by atoms with van der Waals surface area (Å²) in [6.07, 6.45) is 1.67. The molecule has 0 bridgehead atoms. The zero-order valence-electron chi connectivity index (χ0n) is 21.5. The maximum atomic E-state index is 13.2. The van der Waals surface area contributed by atoms with E-state index in [0.717, 1.165) is 35.1 Å². The number of H-pyrrole nitrogens is 1. The van der Waals surface area contributed by atoms with Gasteiger partial charge in [-0.15, -0.1) is 16.4 Å². The van der Waals surface area contributed by atoms with Gasteiger partial charge in [0.05, 0.1) is 6.04 Å². The Bertz CT molecular complexity index is 1520. The normalized spacial score (nSPS) is 12.4. The third-order valence-corrected chi connectivity index (χ3v) is 7.85. The zero-order valence-corrected chi connectivity index (χ0v) is 22.3. The number of aromatic amines is 1. The molecule has 1 atom stereocenters. The standard InChI is InChI=1S/C29H32N6OS/c1-4-27(28-31-32-33-35(28)13-12-22-9-6-5-7-10-22)34(19-25-11-8-14-37-25)18-24-17-23-15-20(2)21(3)16-26(23)30-29(24)36/h5-11,14-17,27H,4,12-13,18-19H2,1-3H3,(H,30,36)/t27-/m1/s1. The molecule has 0 aliphatic carbocycles. The Morgan fingerprint density at radius 1 is 1.03 bits per heavy atom. The van der Waals surface area contributed by atoms with Gasteiger partial charge in [-0.1, -0.05) is 43.3 Å². The number of nitrogens with one attached hydrogen (secondary N) is 1. The lowest BCUT2D eigenvalue weighted by molar-refractivity contribution is 0.162. The molecule has 0 radical (unpaired) electrons. The molecule has 7 nitrogen and oxygen atoms in total. The number of thiophene rings is 1. The smallest absolute Gasteiger partial charge is 0.252 e. The zero-order chi connectivity index (χ0) is 25.8. The summed E-state index contributed by atoms with van der Waals surface area (Å²) in [7, 11) is 0. The number of rotatable bonds is 10. The molecule has 0 fully saturated rings. The number of tetrazole rings is 1. The predicted molar refractivity (Wildman–Crippen MR) is 149 cm³/mol. The van der Waals surface area contributed by atoms with E-state index < -0.39 is 0 Å². The van der Waals surface area contributed by atoms with Crippen molar-refractivity contribution in [1.29, 1.82) is 0 Å². The van der Waals surface area contributed by atoms with Crippen molar-refractivity contribution >= 4 is 22.2 Å². The highest BCUT2D eigenvalue weighted by atomic mass is 32.1. The van der Waals surface area contributed by atoms with Gasteiger partial charge in [0.15, 0.2) is 5.82 Å². The van der Waals surface area contributed by atoms with Crippen molar-refractivity contribution in [2.75, 3.05) is 0 Å². The average Bonchev–Trinajstić information content (AvgIpc) is 3.58. The monoisotopic (exact) mass is 512 g/mol. The lowest BCUT2D eigenvalue weighted by Crippen LogP contribution is -2.32. The molecule has 190 valence electrons. The number of aryl methyl sites for hydroxylation is 4. The highest BCUT2D eigenvalue weighted by Gasteiger charge is 2.26. The van der Waals surface area contributed by atoms with Gasteiger partial charge >= 0.3 is 0 Å². The number of benzene rings is 2. The number of nitrogens with zero attached hydrogens (tertiary/aromatic N) is 5. The van der Waals surface area contributed by atoms with Crippen LogP contribution in [-0.4, -0.2) is 30.1 Å². The molecule has 0 saturated heterocycles. The van der Waals surface area contributed by atoms with E-state index in [1.807, 2.05) is 16.8 Å². The quantitative estimate of drug-likeness (QED) is 0.264. The third-order valence-electron chi connectivity index (χ3n) is 6.99. The summed E-state index contributed by atoms with van der Waals surface area (Å²) in [6.45, 7) is 8.23. The SMILES string of the molecule is CC[C@H](c1nnnn1CCc1ccccc1)N(Cc1cccs1)Cc1cc2cc(C)c(C)cc2[nH]c1=O. The van der Waals surface area contributed by atoms with Crippen LogP contribution in [0, 0.1) is 13.8 Å². The molecule has 0 amide bonds. The van der Waals surface area contributed by atoms with Crippen LogP contribution < -0.4 is 5.56 Å². The van der Waals surface area contributed by atoms with Gasteiger partial charge in [-0.25, -0.2) is 4.68 Å². The second-order valence-electron chi connectivity index (χ2n) is 9.55. The van der Waals surface area contributed by atoms with Crippen molar-refractivity contribution in [3.05, 3.63) is 109 Å². The fraction of sp³-hybridized carbons (Fsp3) is 0.310. The molecule has 3 aromatic heterocycles. The van der Waals surface area contributed by atoms with Crippen LogP contribution in [-0.2, 0) is 26.1 Å². The second kappa shape index (κ2) is 11.2. The molecule has 5 aromatic rings. The van der Waals surface area contributed by atoms with E-state index in [4.69, 9.17) is 0 Å². The van der Waals surface area contributed by atoms with E-state index >= 15 is 0 Å². The molecule has 2 aromatic carbocycles. The fourth-order valence-corrected chi connectivity index (χ4v) is 5.56. The minimum absolute atomic E-state index is 0.0391. The van der Waals surface area contributed by atoms with Crippen LogP contribution in [0.3, 0.4) is 0 Å². The van der Waals surface area contributed by atoms with Gasteiger partial charge in [0.25, 0.3) is 5.56 Å². The first kappa shape index (κ1) is 25.0. The number of fused-ring (bicyclic) bond motifs is 1. The second-order valence-corrected chi connectivity index (χ2v) is 10.6. The van der Waals surface area contributed by atoms with E-state index in [-0.39, 0.29) is 11.6 Å². The Balaban J connectivity index is 1.47. The molecule has 0 aliphatic heterocycles. The Labute approximate surface area is 220 Å². The Kier molecular flexibility index (Phi) is 7.58. The minimum Gasteiger partial charge on any atom is -0.322 e. The number of pyridine rings is 1. The molecule has 0 saturated carbocycles. The summed E-state index contributed by atoms with van der Waals surface area (Å²) in [5, 5.41) is 16.0. The largest absolute Gasteiger partial charge is 0.322 e. The molecule has 5 rings (SSSR count). The molecule has 37 heavy (non-hydrogen) atoms. The van der Waals surface area contributed by atoms with Crippen molar-refractivity contribution in [3.63, 3.8) is 0 Å². The van der Waals surface area contributed by atoms with Crippen molar-refractivity contribution in [3.8, 4) is 0 Å². The van der Waals surface area contributed by atoms with Crippen LogP contribution in [0.1, 0.15) is 52.3 Å². The highest BCUT2D eigenvalue weighted by molar-refractivity contribution is 7.09. The first-order chi connectivity index (χ1) is 18.0. The average molecular weight is 513 g/mol. The van der Waals surface area contributed by atoms with Crippen molar-refractivity contribution < 1.29 is 0 Å². The summed E-state index contributed by atoms with van der Waals surface area (Å²) in [5.41, 5.74) is 5.20. The van der Waals surface area contributed by atoms with E-state index in [1.165, 1.54) is 21.6 Å². The van der Waals surface area contributed by atoms with Crippen LogP contribution in [0.2, 0.25) is 0 Å². The predicted octanol–water partition coefficient (Wildman–Crippen LogP) is 5.59. The topological polar surface area (TPSA) is 79.7 Å². The Hall–Kier alpha value is -3.62. The fourth-order valence-electron chi connectivity index (χ4n) is 4.83. The van der Waals surface area contributed by atoms with E-state index in [2.05, 4.69) is 100 Å². The maximum Gasteiger partial charge on any atom is 0.252 e. The van der Waals surface area contributed by atoms with Gasteiger partial charge in [-0.3, -0.25) is 9.69 Å². The molecule has 0 aliphatic rings. The maximum absolute atomic E-state index is 13.2. The molecule has 8 heteroatoms. The van der Waals surface area contributed by atoms with Crippen LogP contribution >= 0.6 is 11.3 Å². The lowest BCUT2D eigenvalue weighted by atomic mass is 10.0. The summed E-state index contributed by atoms with van der Waals surface area (Å²) in [5.74, 6) is 0.832. The number of aromatic nitrogens is 5. The van der Waals surface area contributed by atoms with Gasteiger partial charge in [0.1, 0.15) is 0 Å². The molecule has 0 unspecified atom stereocenters. The van der Waals surface area contributed by atoms with Gasteiger partial charge < -0.3 is 4.98 Å². The van der Waals surface area contributed by atoms with Crippen molar-refractivity contribution in [2.24, 2.45) is 0 Å². The third kappa shape index (κ3) is 5.70. The molecular weight excluding hydrogens is 480 g/mol. The molecular formula is C29H32N6OS. The Morgan fingerprint density at radius 2 is 1.84 bits per heavy atom. The first-order valence-corrected chi connectivity index (χ1v) is 13.6. The van der Waals surface area contributed by atoms with E-state index in [0.29, 0.717) is 19.6 Å². The number of hydrogen-bond acceptors (Lipinski definition) is 6. The molecule has 0 spiro atoms. The van der Waals surface area contributed by atoms with Crippen LogP contribution in [0.15, 0.2) is 70.8 Å². The summed E-state index contributed by atoms with van der Waals surface area (Å²) in [4.78, 5) is 19.8. The summed E-state index contributed by atoms with van der Waals surface area (Å²) in [6, 6.07) is 20.8. The summed E-state index contributed by atoms with van der Waals surface area (Å²) < 4.78 is 1.92. The van der Waals surface area contributed by atoms with Crippen molar-refractivity contribution in [1.82, 2.24) is 30.1 Å². The highest BCUT2D eigenvalue weighted by Crippen LogP contribution is 2.28. The first-order valence-electron chi connectivity index (χ1n) is 12.7. The van der Waals surface area contributed by atoms with Gasteiger partial charge in [-0.05, 0) is 88.8 Å². The Morgan fingerprint density at radius 3 is 2.59 bits per heavy atom. The molecule has 1 N–H and O–H groups in total. The van der Waals surface area contributed by atoms with Crippen LogP contribution in [0.4, 0.5) is 0 Å². The molecule has 3 heterocycles. The number of hydrogen-bond donors (Lipinski definition) is 1. The van der Waals surface area contributed by atoms with Crippen molar-refractivity contribution in [2.45, 2.75) is 59.3 Å². The van der Waals surface area contributed by atoms with Gasteiger partial charge in [0.2, 0.25) is 0 Å². The van der Waals surface area contributed by atoms with Gasteiger partial charge in [-0.2, -0.15) is 0 Å². The lowest BCUT2D eigenvalue weighted by Gasteiger charge is -2.30. The van der Waals surface area contributed by atoms with Crippen LogP contribution in [0.25, 0.3) is 10.9 Å². The van der Waals surface area contributed by atoms with Gasteiger partial charge in [0, 0.05) is 35.6 Å². The van der Waals surface area contributed by atoms with E-state index in [9.17, 15) is 4.79 Å².